The number of halogens is 1. The van der Waals surface area contributed by atoms with Gasteiger partial charge >= 0.3 is 0 Å². The van der Waals surface area contributed by atoms with E-state index in [1.165, 1.54) is 28.0 Å². The maximum atomic E-state index is 12.7. The maximum Gasteiger partial charge on any atom is 0.251 e. The average molecular weight is 529 g/mol. The molecule has 0 fully saturated rings. The van der Waals surface area contributed by atoms with E-state index in [1.807, 2.05) is 18.4 Å². The molecule has 3 aromatic rings. The van der Waals surface area contributed by atoms with E-state index in [4.69, 9.17) is 11.6 Å². The van der Waals surface area contributed by atoms with Gasteiger partial charge in [0, 0.05) is 22.0 Å². The van der Waals surface area contributed by atoms with E-state index in [0.717, 1.165) is 31.2 Å². The zero-order valence-electron chi connectivity index (χ0n) is 19.4. The Hall–Kier alpha value is -2.87. The second kappa shape index (κ2) is 11.2. The van der Waals surface area contributed by atoms with E-state index in [1.54, 1.807) is 24.3 Å². The fourth-order valence-corrected chi connectivity index (χ4v) is 6.23. The number of aryl methyl sites for hydroxylation is 1. The molecular weight excluding hydrogens is 504 g/mol. The third kappa shape index (κ3) is 5.69. The molecule has 0 saturated heterocycles. The second-order valence-corrected chi connectivity index (χ2v) is 10.6. The van der Waals surface area contributed by atoms with Crippen molar-refractivity contribution >= 4 is 51.5 Å². The largest absolute Gasteiger partial charge is 0.342 e. The molecule has 1 aromatic carbocycles. The normalized spacial score (nSPS) is 13.5. The van der Waals surface area contributed by atoms with Gasteiger partial charge in [0.05, 0.1) is 17.4 Å². The lowest BCUT2D eigenvalue weighted by atomic mass is 9.96. The molecule has 8 nitrogen and oxygen atoms in total. The summed E-state index contributed by atoms with van der Waals surface area (Å²) in [5.74, 6) is 0.314. The van der Waals surface area contributed by atoms with Gasteiger partial charge in [0.2, 0.25) is 5.91 Å². The number of nitrogens with one attached hydrogen (secondary N) is 2. The van der Waals surface area contributed by atoms with Gasteiger partial charge in [-0.25, -0.2) is 0 Å². The molecule has 4 rings (SSSR count). The fraction of sp³-hybridized carbons (Fsp3) is 0.375. The highest BCUT2D eigenvalue weighted by Gasteiger charge is 2.23. The van der Waals surface area contributed by atoms with Crippen LogP contribution in [0.15, 0.2) is 29.4 Å². The smallest absolute Gasteiger partial charge is 0.251 e. The van der Waals surface area contributed by atoms with Crippen LogP contribution in [0.5, 0.6) is 0 Å². The van der Waals surface area contributed by atoms with Crippen molar-refractivity contribution in [3.8, 4) is 6.07 Å². The van der Waals surface area contributed by atoms with Gasteiger partial charge in [-0.2, -0.15) is 5.26 Å². The Labute approximate surface area is 217 Å². The third-order valence-electron chi connectivity index (χ3n) is 5.77. The van der Waals surface area contributed by atoms with Gasteiger partial charge < -0.3 is 15.2 Å². The average Bonchev–Trinajstić information content (AvgIpc) is 3.43. The van der Waals surface area contributed by atoms with Crippen LogP contribution in [0.4, 0.5) is 5.00 Å². The molecule has 0 aliphatic heterocycles. The molecule has 1 atom stereocenters. The molecule has 0 spiro atoms. The van der Waals surface area contributed by atoms with Crippen LogP contribution in [0, 0.1) is 11.3 Å². The Morgan fingerprint density at radius 2 is 2.00 bits per heavy atom. The minimum Gasteiger partial charge on any atom is -0.342 e. The zero-order valence-corrected chi connectivity index (χ0v) is 21.8. The highest BCUT2D eigenvalue weighted by atomic mass is 35.5. The molecule has 0 bridgehead atoms. The van der Waals surface area contributed by atoms with E-state index >= 15 is 0 Å². The van der Waals surface area contributed by atoms with Gasteiger partial charge in [0.25, 0.3) is 5.91 Å². The summed E-state index contributed by atoms with van der Waals surface area (Å²) < 4.78 is 1.88. The van der Waals surface area contributed by atoms with Crippen molar-refractivity contribution in [1.82, 2.24) is 20.1 Å². The number of nitriles is 1. The Balaban J connectivity index is 1.39. The van der Waals surface area contributed by atoms with Crippen LogP contribution in [0.3, 0.4) is 0 Å². The molecule has 2 N–H and O–H groups in total. The van der Waals surface area contributed by atoms with Gasteiger partial charge in [-0.1, -0.05) is 23.4 Å². The molecule has 2 heterocycles. The number of hydrogen-bond donors (Lipinski definition) is 2. The number of anilines is 1. The van der Waals surface area contributed by atoms with Crippen LogP contribution in [-0.4, -0.2) is 32.3 Å². The molecule has 2 aromatic heterocycles. The zero-order chi connectivity index (χ0) is 24.9. The van der Waals surface area contributed by atoms with Gasteiger partial charge in [0.15, 0.2) is 11.0 Å². The monoisotopic (exact) mass is 528 g/mol. The summed E-state index contributed by atoms with van der Waals surface area (Å²) in [4.78, 5) is 26.5. The first kappa shape index (κ1) is 25.2. The summed E-state index contributed by atoms with van der Waals surface area (Å²) in [5.41, 5.74) is 2.20. The SMILES string of the molecule is CCn1c(SCC(=O)Nc2sc3c(c2C#N)CCCC3)nnc1[C@H](C)NC(=O)c1ccc(Cl)cc1. The topological polar surface area (TPSA) is 113 Å². The molecule has 11 heteroatoms. The summed E-state index contributed by atoms with van der Waals surface area (Å²) in [5, 5.41) is 25.7. The summed E-state index contributed by atoms with van der Waals surface area (Å²) >= 11 is 8.69. The number of aromatic nitrogens is 3. The number of hydrogen-bond acceptors (Lipinski definition) is 7. The fourth-order valence-electron chi connectivity index (χ4n) is 4.04. The number of benzene rings is 1. The van der Waals surface area contributed by atoms with E-state index < -0.39 is 0 Å². The first-order valence-corrected chi connectivity index (χ1v) is 13.6. The van der Waals surface area contributed by atoms with E-state index in [-0.39, 0.29) is 23.6 Å². The van der Waals surface area contributed by atoms with E-state index in [0.29, 0.717) is 38.7 Å². The maximum absolute atomic E-state index is 12.7. The number of carbonyl (C=O) groups excluding carboxylic acids is 2. The molecule has 1 aliphatic rings. The number of carbonyl (C=O) groups is 2. The van der Waals surface area contributed by atoms with E-state index in [2.05, 4.69) is 26.9 Å². The van der Waals surface area contributed by atoms with Crippen molar-refractivity contribution in [2.45, 2.75) is 57.3 Å². The quantitative estimate of drug-likeness (QED) is 0.398. The molecular formula is C24H25ClN6O2S2. The lowest BCUT2D eigenvalue weighted by molar-refractivity contribution is -0.113. The van der Waals surface area contributed by atoms with Crippen LogP contribution < -0.4 is 10.6 Å². The molecule has 35 heavy (non-hydrogen) atoms. The van der Waals surface area contributed by atoms with Crippen molar-refractivity contribution in [3.05, 3.63) is 56.7 Å². The number of rotatable bonds is 8. The van der Waals surface area contributed by atoms with Gasteiger partial charge in [-0.15, -0.1) is 21.5 Å². The molecule has 1 aliphatic carbocycles. The van der Waals surface area contributed by atoms with E-state index in [9.17, 15) is 14.9 Å². The Kier molecular flexibility index (Phi) is 8.11. The highest BCUT2D eigenvalue weighted by molar-refractivity contribution is 7.99. The van der Waals surface area contributed by atoms with Gasteiger partial charge in [-0.3, -0.25) is 9.59 Å². The highest BCUT2D eigenvalue weighted by Crippen LogP contribution is 2.37. The minimum absolute atomic E-state index is 0.136. The van der Waals surface area contributed by atoms with Crippen LogP contribution >= 0.6 is 34.7 Å². The summed E-state index contributed by atoms with van der Waals surface area (Å²) in [6.45, 7) is 4.39. The van der Waals surface area contributed by atoms with Gasteiger partial charge in [0.1, 0.15) is 11.1 Å². The minimum atomic E-state index is -0.385. The number of thioether (sulfide) groups is 1. The number of nitrogens with zero attached hydrogens (tertiary/aromatic N) is 4. The summed E-state index contributed by atoms with van der Waals surface area (Å²) in [6.07, 6.45) is 4.06. The van der Waals surface area contributed by atoms with Crippen LogP contribution in [0.25, 0.3) is 0 Å². The molecule has 2 amide bonds. The first-order chi connectivity index (χ1) is 16.9. The van der Waals surface area contributed by atoms with Crippen molar-refractivity contribution in [2.24, 2.45) is 0 Å². The van der Waals surface area contributed by atoms with Crippen molar-refractivity contribution < 1.29 is 9.59 Å². The Bertz CT molecular complexity index is 1280. The predicted molar refractivity (Wildman–Crippen MR) is 138 cm³/mol. The van der Waals surface area contributed by atoms with Crippen LogP contribution in [0.2, 0.25) is 5.02 Å². The standard InChI is InChI=1S/C24H25ClN6O2S2/c1-3-31-21(14(2)27-22(33)15-8-10-16(25)11-9-15)29-30-24(31)34-13-20(32)28-23-18(12-26)17-6-4-5-7-19(17)35-23/h8-11,14H,3-7,13H2,1-2H3,(H,27,33)(H,28,32)/t14-/m0/s1. The number of thiophene rings is 1. The first-order valence-electron chi connectivity index (χ1n) is 11.4. The molecule has 0 saturated carbocycles. The third-order valence-corrected chi connectivity index (χ3v) is 8.20. The van der Waals surface area contributed by atoms with Crippen molar-refractivity contribution in [3.63, 3.8) is 0 Å². The lowest BCUT2D eigenvalue weighted by Gasteiger charge is -2.15. The number of amides is 2. The number of fused-ring (bicyclic) bond motifs is 1. The van der Waals surface area contributed by atoms with Crippen molar-refractivity contribution in [1.29, 1.82) is 5.26 Å². The van der Waals surface area contributed by atoms with Gasteiger partial charge in [-0.05, 0) is 69.4 Å². The Morgan fingerprint density at radius 1 is 1.26 bits per heavy atom. The molecule has 0 unspecified atom stereocenters. The Morgan fingerprint density at radius 3 is 2.71 bits per heavy atom. The predicted octanol–water partition coefficient (Wildman–Crippen LogP) is 4.99. The van der Waals surface area contributed by atoms with Crippen LogP contribution in [0.1, 0.15) is 64.9 Å². The molecule has 0 radical (unpaired) electrons. The van der Waals surface area contributed by atoms with Crippen molar-refractivity contribution in [2.75, 3.05) is 11.1 Å². The summed E-state index contributed by atoms with van der Waals surface area (Å²) in [6, 6.07) is 8.54. The summed E-state index contributed by atoms with van der Waals surface area (Å²) in [7, 11) is 0. The second-order valence-electron chi connectivity index (χ2n) is 8.15. The molecule has 182 valence electrons. The van der Waals surface area contributed by atoms with Crippen LogP contribution in [-0.2, 0) is 24.2 Å². The lowest BCUT2D eigenvalue weighted by Crippen LogP contribution is -2.28.